The van der Waals surface area contributed by atoms with Crippen molar-refractivity contribution in [3.63, 3.8) is 0 Å². The third-order valence-electron chi connectivity index (χ3n) is 4.82. The Morgan fingerprint density at radius 2 is 2.13 bits per heavy atom. The Hall–Kier alpha value is -2.14. The third kappa shape index (κ3) is 3.01. The average Bonchev–Trinajstić information content (AvgIpc) is 3.30. The lowest BCUT2D eigenvalue weighted by molar-refractivity contribution is 0.0259. The van der Waals surface area contributed by atoms with E-state index in [1.165, 1.54) is 5.56 Å². The van der Waals surface area contributed by atoms with E-state index in [9.17, 15) is 9.90 Å². The summed E-state index contributed by atoms with van der Waals surface area (Å²) in [6, 6.07) is 9.86. The lowest BCUT2D eigenvalue weighted by atomic mass is 9.80. The second kappa shape index (κ2) is 5.49. The summed E-state index contributed by atoms with van der Waals surface area (Å²) in [7, 11) is 0. The molecule has 2 N–H and O–H groups in total. The molecule has 1 fully saturated rings. The van der Waals surface area contributed by atoms with Crippen molar-refractivity contribution in [3.05, 3.63) is 52.9 Å². The van der Waals surface area contributed by atoms with Crippen LogP contribution in [0, 0.1) is 0 Å². The Labute approximate surface area is 134 Å². The summed E-state index contributed by atoms with van der Waals surface area (Å²) in [5.74, 6) is 0.941. The van der Waals surface area contributed by atoms with Gasteiger partial charge in [0, 0.05) is 24.9 Å². The molecule has 1 aromatic carbocycles. The molecule has 0 saturated heterocycles. The summed E-state index contributed by atoms with van der Waals surface area (Å²) in [5, 5.41) is 17.4. The van der Waals surface area contributed by atoms with E-state index in [0.29, 0.717) is 24.5 Å². The van der Waals surface area contributed by atoms with Gasteiger partial charge in [-0.1, -0.05) is 29.4 Å². The number of carbonyl (C=O) groups excluding carboxylic acids is 1. The van der Waals surface area contributed by atoms with E-state index in [0.717, 1.165) is 30.6 Å². The molecule has 0 spiro atoms. The number of aliphatic hydroxyl groups is 1. The standard InChI is InChI=1S/C18H20N2O3/c21-17(15-9-16(23-20-15)13-5-6-13)19-11-18(22)8-7-12-3-1-2-4-14(12)10-18/h1-4,9,13,22H,5-8,10-11H2,(H,19,21)/t18-/m1/s1. The molecule has 2 aromatic rings. The van der Waals surface area contributed by atoms with Crippen molar-refractivity contribution < 1.29 is 14.4 Å². The Kier molecular flexibility index (Phi) is 3.45. The van der Waals surface area contributed by atoms with Crippen molar-refractivity contribution >= 4 is 5.91 Å². The highest BCUT2D eigenvalue weighted by molar-refractivity contribution is 5.92. The molecule has 1 heterocycles. The Bertz CT molecular complexity index is 735. The van der Waals surface area contributed by atoms with Gasteiger partial charge in [0.1, 0.15) is 5.76 Å². The highest BCUT2D eigenvalue weighted by Gasteiger charge is 2.33. The second-order valence-corrected chi connectivity index (χ2v) is 6.74. The van der Waals surface area contributed by atoms with Crippen LogP contribution in [-0.2, 0) is 12.8 Å². The second-order valence-electron chi connectivity index (χ2n) is 6.74. The average molecular weight is 312 g/mol. The number of aryl methyl sites for hydroxylation is 1. The number of hydrogen-bond acceptors (Lipinski definition) is 4. The number of nitrogens with one attached hydrogen (secondary N) is 1. The van der Waals surface area contributed by atoms with Gasteiger partial charge in [-0.15, -0.1) is 0 Å². The number of hydrogen-bond donors (Lipinski definition) is 2. The maximum absolute atomic E-state index is 12.2. The van der Waals surface area contributed by atoms with Gasteiger partial charge in [0.05, 0.1) is 5.60 Å². The molecule has 2 aliphatic carbocycles. The number of benzene rings is 1. The summed E-state index contributed by atoms with van der Waals surface area (Å²) in [6.07, 6.45) is 4.26. The van der Waals surface area contributed by atoms with Crippen LogP contribution in [0.1, 0.15) is 52.6 Å². The van der Waals surface area contributed by atoms with Crippen LogP contribution in [0.2, 0.25) is 0 Å². The molecule has 23 heavy (non-hydrogen) atoms. The molecule has 2 aliphatic rings. The zero-order valence-electron chi connectivity index (χ0n) is 12.9. The first-order valence-electron chi connectivity index (χ1n) is 8.17. The van der Waals surface area contributed by atoms with Crippen molar-refractivity contribution in [2.24, 2.45) is 0 Å². The van der Waals surface area contributed by atoms with Crippen molar-refractivity contribution in [1.82, 2.24) is 10.5 Å². The van der Waals surface area contributed by atoms with Crippen molar-refractivity contribution in [3.8, 4) is 0 Å². The molecule has 120 valence electrons. The predicted octanol–water partition coefficient (Wildman–Crippen LogP) is 2.20. The molecule has 5 heteroatoms. The fourth-order valence-electron chi connectivity index (χ4n) is 3.23. The maximum Gasteiger partial charge on any atom is 0.273 e. The van der Waals surface area contributed by atoms with Crippen LogP contribution < -0.4 is 5.32 Å². The number of carbonyl (C=O) groups is 1. The first-order valence-corrected chi connectivity index (χ1v) is 8.17. The van der Waals surface area contributed by atoms with Gasteiger partial charge in [0.25, 0.3) is 5.91 Å². The van der Waals surface area contributed by atoms with Crippen LogP contribution in [0.25, 0.3) is 0 Å². The van der Waals surface area contributed by atoms with Gasteiger partial charge in [-0.3, -0.25) is 4.79 Å². The van der Waals surface area contributed by atoms with Crippen molar-refractivity contribution in [2.45, 2.75) is 43.6 Å². The van der Waals surface area contributed by atoms with E-state index in [1.807, 2.05) is 18.2 Å². The van der Waals surface area contributed by atoms with Gasteiger partial charge in [-0.05, 0) is 36.8 Å². The SMILES string of the molecule is O=C(NC[C@@]1(O)CCc2ccccc2C1)c1cc(C2CC2)on1. The largest absolute Gasteiger partial charge is 0.388 e. The van der Waals surface area contributed by atoms with E-state index >= 15 is 0 Å². The molecule has 1 atom stereocenters. The fraction of sp³-hybridized carbons (Fsp3) is 0.444. The fourth-order valence-corrected chi connectivity index (χ4v) is 3.23. The summed E-state index contributed by atoms with van der Waals surface area (Å²) < 4.78 is 5.20. The minimum Gasteiger partial charge on any atom is -0.388 e. The molecule has 1 amide bonds. The number of rotatable bonds is 4. The van der Waals surface area contributed by atoms with Gasteiger partial charge in [-0.2, -0.15) is 0 Å². The van der Waals surface area contributed by atoms with E-state index in [4.69, 9.17) is 4.52 Å². The quantitative estimate of drug-likeness (QED) is 0.907. The molecular formula is C18H20N2O3. The monoisotopic (exact) mass is 312 g/mol. The Morgan fingerprint density at radius 1 is 1.35 bits per heavy atom. The van der Waals surface area contributed by atoms with Crippen LogP contribution in [0.3, 0.4) is 0 Å². The normalized spacial score (nSPS) is 23.3. The van der Waals surface area contributed by atoms with Crippen molar-refractivity contribution in [2.75, 3.05) is 6.54 Å². The molecular weight excluding hydrogens is 292 g/mol. The minimum absolute atomic E-state index is 0.228. The summed E-state index contributed by atoms with van der Waals surface area (Å²) in [4.78, 5) is 12.2. The van der Waals surface area contributed by atoms with Crippen LogP contribution in [-0.4, -0.2) is 28.3 Å². The molecule has 1 saturated carbocycles. The van der Waals surface area contributed by atoms with Crippen molar-refractivity contribution in [1.29, 1.82) is 0 Å². The summed E-state index contributed by atoms with van der Waals surface area (Å²) >= 11 is 0. The van der Waals surface area contributed by atoms with E-state index in [2.05, 4.69) is 16.5 Å². The maximum atomic E-state index is 12.2. The molecule has 0 radical (unpaired) electrons. The predicted molar refractivity (Wildman–Crippen MR) is 84.2 cm³/mol. The Balaban J connectivity index is 1.39. The molecule has 1 aromatic heterocycles. The van der Waals surface area contributed by atoms with E-state index in [1.54, 1.807) is 6.07 Å². The first kappa shape index (κ1) is 14.5. The van der Waals surface area contributed by atoms with Gasteiger partial charge < -0.3 is 14.9 Å². The van der Waals surface area contributed by atoms with Crippen LogP contribution in [0.5, 0.6) is 0 Å². The smallest absolute Gasteiger partial charge is 0.273 e. The number of fused-ring (bicyclic) bond motifs is 1. The lowest BCUT2D eigenvalue weighted by Crippen LogP contribution is -2.46. The van der Waals surface area contributed by atoms with Crippen LogP contribution in [0.4, 0.5) is 0 Å². The minimum atomic E-state index is -0.896. The Morgan fingerprint density at radius 3 is 2.91 bits per heavy atom. The molecule has 4 rings (SSSR count). The van der Waals surface area contributed by atoms with Gasteiger partial charge in [-0.25, -0.2) is 0 Å². The number of nitrogens with zero attached hydrogens (tertiary/aromatic N) is 1. The zero-order valence-corrected chi connectivity index (χ0v) is 12.9. The topological polar surface area (TPSA) is 75.4 Å². The lowest BCUT2D eigenvalue weighted by Gasteiger charge is -2.33. The summed E-state index contributed by atoms with van der Waals surface area (Å²) in [5.41, 5.74) is 1.85. The van der Waals surface area contributed by atoms with E-state index < -0.39 is 5.60 Å². The highest BCUT2D eigenvalue weighted by Crippen LogP contribution is 2.40. The molecule has 0 aliphatic heterocycles. The van der Waals surface area contributed by atoms with Gasteiger partial charge >= 0.3 is 0 Å². The zero-order chi connectivity index (χ0) is 15.9. The highest BCUT2D eigenvalue weighted by atomic mass is 16.5. The number of aromatic nitrogens is 1. The molecule has 5 nitrogen and oxygen atoms in total. The van der Waals surface area contributed by atoms with Gasteiger partial charge in [0.15, 0.2) is 5.69 Å². The third-order valence-corrected chi connectivity index (χ3v) is 4.82. The van der Waals surface area contributed by atoms with Crippen LogP contribution in [0.15, 0.2) is 34.9 Å². The molecule has 0 unspecified atom stereocenters. The number of amides is 1. The van der Waals surface area contributed by atoms with E-state index in [-0.39, 0.29) is 12.5 Å². The van der Waals surface area contributed by atoms with Gasteiger partial charge in [0.2, 0.25) is 0 Å². The summed E-state index contributed by atoms with van der Waals surface area (Å²) in [6.45, 7) is 0.228. The first-order chi connectivity index (χ1) is 11.1. The molecule has 0 bridgehead atoms. The van der Waals surface area contributed by atoms with Crippen LogP contribution >= 0.6 is 0 Å².